The minimum absolute atomic E-state index is 0.123. The van der Waals surface area contributed by atoms with Crippen LogP contribution < -0.4 is 5.32 Å². The molecule has 1 aromatic rings. The maximum Gasteiger partial charge on any atom is 0.171 e. The molecular weight excluding hydrogens is 196 g/mol. The lowest BCUT2D eigenvalue weighted by Crippen LogP contribution is -2.10. The molecule has 1 aliphatic heterocycles. The summed E-state index contributed by atoms with van der Waals surface area (Å²) in [5.74, 6) is 0.833. The largest absolute Gasteiger partial charge is 0.316 e. The fraction of sp³-hybridized carbons (Fsp3) is 0.600. The van der Waals surface area contributed by atoms with Crippen LogP contribution in [0.3, 0.4) is 0 Å². The third-order valence-corrected chi connectivity index (χ3v) is 3.65. The van der Waals surface area contributed by atoms with E-state index in [0.717, 1.165) is 29.4 Å². The third kappa shape index (κ3) is 2.19. The van der Waals surface area contributed by atoms with Gasteiger partial charge in [0.2, 0.25) is 0 Å². The maximum absolute atomic E-state index is 11.1. The lowest BCUT2D eigenvalue weighted by molar-refractivity contribution is 0.102. The number of ketones is 1. The van der Waals surface area contributed by atoms with Crippen LogP contribution in [0.5, 0.6) is 0 Å². The first kappa shape index (κ1) is 9.80. The molecule has 1 atom stereocenters. The monoisotopic (exact) mass is 210 g/mol. The molecule has 1 N–H and O–H groups in total. The van der Waals surface area contributed by atoms with Crippen LogP contribution in [-0.2, 0) is 6.42 Å². The zero-order chi connectivity index (χ0) is 9.97. The number of carbonyl (C=O) groups excluding carboxylic acids is 1. The Balaban J connectivity index is 1.98. The molecule has 1 saturated heterocycles. The summed E-state index contributed by atoms with van der Waals surface area (Å²) in [4.78, 5) is 16.1. The average molecular weight is 210 g/mol. The van der Waals surface area contributed by atoms with Gasteiger partial charge >= 0.3 is 0 Å². The number of nitrogens with one attached hydrogen (secondary N) is 1. The zero-order valence-electron chi connectivity index (χ0n) is 8.25. The molecule has 0 aliphatic carbocycles. The first-order valence-corrected chi connectivity index (χ1v) is 5.73. The molecule has 4 heteroatoms. The van der Waals surface area contributed by atoms with Gasteiger partial charge in [-0.25, -0.2) is 4.98 Å². The van der Waals surface area contributed by atoms with Crippen LogP contribution in [0.1, 0.15) is 28.0 Å². The van der Waals surface area contributed by atoms with Gasteiger partial charge in [0.25, 0.3) is 0 Å². The molecule has 14 heavy (non-hydrogen) atoms. The molecule has 0 spiro atoms. The molecule has 2 heterocycles. The molecule has 0 amide bonds. The standard InChI is InChI=1S/C10H14N2OS/c1-7(13)9-6-12-10(14-9)4-8-2-3-11-5-8/h6,8,11H,2-5H2,1H3. The van der Waals surface area contributed by atoms with Gasteiger partial charge in [0.05, 0.1) is 9.88 Å². The van der Waals surface area contributed by atoms with E-state index < -0.39 is 0 Å². The fourth-order valence-corrected chi connectivity index (χ4v) is 2.63. The van der Waals surface area contributed by atoms with Gasteiger partial charge in [0.15, 0.2) is 5.78 Å². The molecule has 1 fully saturated rings. The van der Waals surface area contributed by atoms with Gasteiger partial charge in [-0.2, -0.15) is 0 Å². The summed E-state index contributed by atoms with van der Waals surface area (Å²) in [7, 11) is 0. The first-order chi connectivity index (χ1) is 6.75. The molecule has 76 valence electrons. The predicted octanol–water partition coefficient (Wildman–Crippen LogP) is 1.50. The van der Waals surface area contributed by atoms with Crippen LogP contribution >= 0.6 is 11.3 Å². The van der Waals surface area contributed by atoms with E-state index in [-0.39, 0.29) is 5.78 Å². The molecule has 3 nitrogen and oxygen atoms in total. The second-order valence-electron chi connectivity index (χ2n) is 3.74. The van der Waals surface area contributed by atoms with Crippen LogP contribution in [0.4, 0.5) is 0 Å². The summed E-state index contributed by atoms with van der Waals surface area (Å²) in [6, 6.07) is 0. The van der Waals surface area contributed by atoms with Crippen LogP contribution in [0.25, 0.3) is 0 Å². The summed E-state index contributed by atoms with van der Waals surface area (Å²) >= 11 is 1.54. The SMILES string of the molecule is CC(=O)c1cnc(CC2CCNC2)s1. The van der Waals surface area contributed by atoms with Crippen LogP contribution in [0.15, 0.2) is 6.20 Å². The molecule has 0 aromatic carbocycles. The topological polar surface area (TPSA) is 42.0 Å². The molecule has 1 unspecified atom stereocenters. The first-order valence-electron chi connectivity index (χ1n) is 4.92. The molecule has 2 rings (SSSR count). The van der Waals surface area contributed by atoms with Crippen molar-refractivity contribution in [2.45, 2.75) is 19.8 Å². The van der Waals surface area contributed by atoms with Gasteiger partial charge in [0.1, 0.15) is 0 Å². The fourth-order valence-electron chi connectivity index (χ4n) is 1.70. The van der Waals surface area contributed by atoms with E-state index in [0.29, 0.717) is 5.92 Å². The molecule has 0 bridgehead atoms. The van der Waals surface area contributed by atoms with E-state index in [1.807, 2.05) is 0 Å². The summed E-state index contributed by atoms with van der Waals surface area (Å²) in [6.07, 6.45) is 3.95. The predicted molar refractivity (Wildman–Crippen MR) is 56.8 cm³/mol. The number of carbonyl (C=O) groups is 1. The van der Waals surface area contributed by atoms with E-state index in [4.69, 9.17) is 0 Å². The van der Waals surface area contributed by atoms with E-state index in [2.05, 4.69) is 10.3 Å². The Morgan fingerprint density at radius 3 is 3.21 bits per heavy atom. The van der Waals surface area contributed by atoms with Crippen LogP contribution in [0, 0.1) is 5.92 Å². The minimum Gasteiger partial charge on any atom is -0.316 e. The van der Waals surface area contributed by atoms with Gasteiger partial charge < -0.3 is 5.32 Å². The van der Waals surface area contributed by atoms with Crippen molar-refractivity contribution >= 4 is 17.1 Å². The van der Waals surface area contributed by atoms with E-state index in [1.165, 1.54) is 17.8 Å². The van der Waals surface area contributed by atoms with Crippen molar-refractivity contribution in [3.05, 3.63) is 16.1 Å². The van der Waals surface area contributed by atoms with Crippen molar-refractivity contribution in [1.82, 2.24) is 10.3 Å². The highest BCUT2D eigenvalue weighted by atomic mass is 32.1. The van der Waals surface area contributed by atoms with E-state index in [9.17, 15) is 4.79 Å². The van der Waals surface area contributed by atoms with Crippen molar-refractivity contribution < 1.29 is 4.79 Å². The van der Waals surface area contributed by atoms with Crippen molar-refractivity contribution in [2.24, 2.45) is 5.92 Å². The zero-order valence-corrected chi connectivity index (χ0v) is 9.06. The van der Waals surface area contributed by atoms with E-state index >= 15 is 0 Å². The minimum atomic E-state index is 0.123. The van der Waals surface area contributed by atoms with Gasteiger partial charge in [-0.3, -0.25) is 4.79 Å². The van der Waals surface area contributed by atoms with Gasteiger partial charge in [0, 0.05) is 19.5 Å². The Kier molecular flexibility index (Phi) is 2.93. The Bertz CT molecular complexity index is 329. The number of nitrogens with zero attached hydrogens (tertiary/aromatic N) is 1. The van der Waals surface area contributed by atoms with Gasteiger partial charge in [-0.15, -0.1) is 11.3 Å². The number of hydrogen-bond acceptors (Lipinski definition) is 4. The van der Waals surface area contributed by atoms with Gasteiger partial charge in [-0.1, -0.05) is 0 Å². The molecule has 0 saturated carbocycles. The normalized spacial score (nSPS) is 21.4. The smallest absolute Gasteiger partial charge is 0.171 e. The Morgan fingerprint density at radius 1 is 1.79 bits per heavy atom. The highest BCUT2D eigenvalue weighted by Crippen LogP contribution is 2.20. The number of hydrogen-bond donors (Lipinski definition) is 1. The number of Topliss-reactive ketones (excluding diaryl/α,β-unsaturated/α-hetero) is 1. The van der Waals surface area contributed by atoms with Crippen molar-refractivity contribution in [1.29, 1.82) is 0 Å². The summed E-state index contributed by atoms with van der Waals surface area (Å²) in [5.41, 5.74) is 0. The highest BCUT2D eigenvalue weighted by molar-refractivity contribution is 7.13. The van der Waals surface area contributed by atoms with Crippen molar-refractivity contribution in [2.75, 3.05) is 13.1 Å². The maximum atomic E-state index is 11.1. The average Bonchev–Trinajstić information content (AvgIpc) is 2.75. The Morgan fingerprint density at radius 2 is 2.64 bits per heavy atom. The van der Waals surface area contributed by atoms with Crippen molar-refractivity contribution in [3.8, 4) is 0 Å². The second-order valence-corrected chi connectivity index (χ2v) is 4.85. The van der Waals surface area contributed by atoms with Gasteiger partial charge in [-0.05, 0) is 25.4 Å². The Hall–Kier alpha value is -0.740. The number of aromatic nitrogens is 1. The van der Waals surface area contributed by atoms with Crippen LogP contribution in [0.2, 0.25) is 0 Å². The highest BCUT2D eigenvalue weighted by Gasteiger charge is 2.17. The summed E-state index contributed by atoms with van der Waals surface area (Å²) in [6.45, 7) is 3.80. The molecule has 0 radical (unpaired) electrons. The summed E-state index contributed by atoms with van der Waals surface area (Å²) in [5, 5.41) is 4.43. The van der Waals surface area contributed by atoms with E-state index in [1.54, 1.807) is 13.1 Å². The molecular formula is C10H14N2OS. The molecule has 1 aliphatic rings. The lowest BCUT2D eigenvalue weighted by atomic mass is 10.1. The molecule has 1 aromatic heterocycles. The second kappa shape index (κ2) is 4.19. The number of thiazole rings is 1. The Labute approximate surface area is 87.6 Å². The van der Waals surface area contributed by atoms with Crippen molar-refractivity contribution in [3.63, 3.8) is 0 Å². The van der Waals surface area contributed by atoms with Crippen LogP contribution in [-0.4, -0.2) is 23.9 Å². The third-order valence-electron chi connectivity index (χ3n) is 2.53. The summed E-state index contributed by atoms with van der Waals surface area (Å²) < 4.78 is 0. The number of rotatable bonds is 3. The lowest BCUT2D eigenvalue weighted by Gasteiger charge is -2.03. The quantitative estimate of drug-likeness (QED) is 0.769.